The second-order valence-corrected chi connectivity index (χ2v) is 6.89. The zero-order valence-corrected chi connectivity index (χ0v) is 14.3. The lowest BCUT2D eigenvalue weighted by atomic mass is 9.75. The summed E-state index contributed by atoms with van der Waals surface area (Å²) in [5.74, 6) is -1.20. The number of carbonyl (C=O) groups is 1. The Kier molecular flexibility index (Phi) is 3.92. The molecule has 0 radical (unpaired) electrons. The molecule has 6 nitrogen and oxygen atoms in total. The van der Waals surface area contributed by atoms with Crippen LogP contribution in [-0.2, 0) is 0 Å². The van der Waals surface area contributed by atoms with Gasteiger partial charge in [0.25, 0.3) is 5.69 Å². The molecule has 0 bridgehead atoms. The van der Waals surface area contributed by atoms with E-state index in [-0.39, 0.29) is 29.1 Å². The number of nitrogens with one attached hydrogen (secondary N) is 1. The van der Waals surface area contributed by atoms with Crippen molar-refractivity contribution >= 4 is 28.9 Å². The molecule has 1 aliphatic heterocycles. The summed E-state index contributed by atoms with van der Waals surface area (Å²) in [6.07, 6.45) is 4.66. The fourth-order valence-electron chi connectivity index (χ4n) is 4.08. The van der Waals surface area contributed by atoms with Crippen molar-refractivity contribution in [2.45, 2.75) is 18.4 Å². The molecule has 0 unspecified atom stereocenters. The predicted molar refractivity (Wildman–Crippen MR) is 97.9 cm³/mol. The van der Waals surface area contributed by atoms with Crippen LogP contribution in [0, 0.1) is 16.0 Å². The largest absolute Gasteiger partial charge is 0.478 e. The number of rotatable bonds is 3. The van der Waals surface area contributed by atoms with E-state index >= 15 is 0 Å². The van der Waals surface area contributed by atoms with Gasteiger partial charge in [0.15, 0.2) is 0 Å². The third-order valence-corrected chi connectivity index (χ3v) is 5.48. The molecule has 7 heteroatoms. The molecular weight excluding hydrogens is 356 g/mol. The second-order valence-electron chi connectivity index (χ2n) is 6.48. The normalized spacial score (nSPS) is 23.0. The summed E-state index contributed by atoms with van der Waals surface area (Å²) >= 11 is 6.34. The number of anilines is 1. The Hall–Kier alpha value is -2.86. The highest BCUT2D eigenvalue weighted by molar-refractivity contribution is 6.33. The molecule has 2 N–H and O–H groups in total. The molecule has 2 aromatic rings. The highest BCUT2D eigenvalue weighted by Crippen LogP contribution is 2.54. The van der Waals surface area contributed by atoms with E-state index < -0.39 is 10.9 Å². The molecular formula is C19H15ClN2O4. The van der Waals surface area contributed by atoms with Crippen molar-refractivity contribution in [1.29, 1.82) is 0 Å². The number of fused-ring (bicyclic) bond motifs is 3. The number of allylic oxidation sites excluding steroid dienone is 2. The van der Waals surface area contributed by atoms with Crippen molar-refractivity contribution < 1.29 is 14.8 Å². The van der Waals surface area contributed by atoms with Crippen LogP contribution in [0.15, 0.2) is 48.6 Å². The molecule has 3 atom stereocenters. The summed E-state index contributed by atoms with van der Waals surface area (Å²) in [5.41, 5.74) is 2.00. The van der Waals surface area contributed by atoms with Crippen molar-refractivity contribution in [3.63, 3.8) is 0 Å². The van der Waals surface area contributed by atoms with Gasteiger partial charge in [-0.05, 0) is 30.0 Å². The lowest BCUT2D eigenvalue weighted by Gasteiger charge is -2.38. The molecule has 132 valence electrons. The summed E-state index contributed by atoms with van der Waals surface area (Å²) in [7, 11) is 0. The van der Waals surface area contributed by atoms with Crippen LogP contribution in [0.3, 0.4) is 0 Å². The van der Waals surface area contributed by atoms with E-state index in [0.29, 0.717) is 28.3 Å². The minimum absolute atomic E-state index is 0.0137. The van der Waals surface area contributed by atoms with Crippen LogP contribution in [0.25, 0.3) is 0 Å². The first-order chi connectivity index (χ1) is 12.5. The Morgan fingerprint density at radius 3 is 2.77 bits per heavy atom. The minimum atomic E-state index is -0.999. The van der Waals surface area contributed by atoms with Gasteiger partial charge in [-0.3, -0.25) is 10.1 Å². The fourth-order valence-corrected chi connectivity index (χ4v) is 4.30. The minimum Gasteiger partial charge on any atom is -0.478 e. The molecule has 2 aliphatic rings. The van der Waals surface area contributed by atoms with Gasteiger partial charge in [-0.15, -0.1) is 0 Å². The summed E-state index contributed by atoms with van der Waals surface area (Å²) in [4.78, 5) is 22.8. The zero-order chi connectivity index (χ0) is 18.4. The first-order valence-corrected chi connectivity index (χ1v) is 8.59. The average molecular weight is 371 g/mol. The van der Waals surface area contributed by atoms with E-state index in [9.17, 15) is 20.0 Å². The number of nitrogens with zero attached hydrogens (tertiary/aromatic N) is 1. The van der Waals surface area contributed by atoms with Crippen molar-refractivity contribution in [2.24, 2.45) is 5.92 Å². The Labute approximate surface area is 154 Å². The standard InChI is InChI=1S/C19H15ClN2O4/c20-14-8-9-15(22(25)26)16-10-6-3-7-11(10)17(21-18(14)16)12-4-1-2-5-13(12)19(23)24/h1-6,8-11,17,21H,7H2,(H,23,24)/t10-,11+,17+/m0/s1. The molecule has 4 rings (SSSR count). The van der Waals surface area contributed by atoms with Gasteiger partial charge in [-0.25, -0.2) is 4.79 Å². The number of carboxylic acids is 1. The molecule has 0 saturated carbocycles. The van der Waals surface area contributed by atoms with Gasteiger partial charge >= 0.3 is 5.97 Å². The molecule has 0 fully saturated rings. The molecule has 0 aromatic heterocycles. The van der Waals surface area contributed by atoms with E-state index in [1.165, 1.54) is 12.1 Å². The van der Waals surface area contributed by atoms with Crippen molar-refractivity contribution in [3.8, 4) is 0 Å². The Morgan fingerprint density at radius 2 is 2.04 bits per heavy atom. The maximum Gasteiger partial charge on any atom is 0.336 e. The first-order valence-electron chi connectivity index (χ1n) is 8.21. The van der Waals surface area contributed by atoms with Gasteiger partial charge in [-0.2, -0.15) is 0 Å². The maximum atomic E-state index is 11.7. The van der Waals surface area contributed by atoms with Gasteiger partial charge in [0, 0.05) is 12.0 Å². The van der Waals surface area contributed by atoms with Crippen LogP contribution < -0.4 is 5.32 Å². The van der Waals surface area contributed by atoms with Gasteiger partial charge < -0.3 is 10.4 Å². The number of nitro groups is 1. The van der Waals surface area contributed by atoms with Crippen LogP contribution in [0.4, 0.5) is 11.4 Å². The summed E-state index contributed by atoms with van der Waals surface area (Å²) in [5, 5.41) is 24.7. The predicted octanol–water partition coefficient (Wildman–Crippen LogP) is 4.77. The Morgan fingerprint density at radius 1 is 1.27 bits per heavy atom. The monoisotopic (exact) mass is 370 g/mol. The molecule has 0 saturated heterocycles. The van der Waals surface area contributed by atoms with E-state index in [2.05, 4.69) is 5.32 Å². The molecule has 1 heterocycles. The number of hydrogen-bond donors (Lipinski definition) is 2. The Bertz CT molecular complexity index is 957. The number of halogens is 1. The third-order valence-electron chi connectivity index (χ3n) is 5.17. The highest BCUT2D eigenvalue weighted by Gasteiger charge is 2.43. The number of nitro benzene ring substituents is 1. The maximum absolute atomic E-state index is 11.7. The summed E-state index contributed by atoms with van der Waals surface area (Å²) < 4.78 is 0. The van der Waals surface area contributed by atoms with E-state index in [4.69, 9.17) is 11.6 Å². The smallest absolute Gasteiger partial charge is 0.336 e. The van der Waals surface area contributed by atoms with Gasteiger partial charge in [-0.1, -0.05) is 42.0 Å². The number of benzene rings is 2. The van der Waals surface area contributed by atoms with E-state index in [1.54, 1.807) is 24.3 Å². The van der Waals surface area contributed by atoms with Gasteiger partial charge in [0.2, 0.25) is 0 Å². The average Bonchev–Trinajstić information content (AvgIpc) is 3.11. The summed E-state index contributed by atoms with van der Waals surface area (Å²) in [6.45, 7) is 0. The number of hydrogen-bond acceptors (Lipinski definition) is 4. The number of carboxylic acid groups (broad SMARTS) is 1. The lowest BCUT2D eigenvalue weighted by molar-refractivity contribution is -0.385. The fraction of sp³-hybridized carbons (Fsp3) is 0.211. The quantitative estimate of drug-likeness (QED) is 0.461. The molecule has 1 aliphatic carbocycles. The SMILES string of the molecule is O=C(O)c1ccccc1[C@@H]1Nc2c(Cl)ccc([N+](=O)[O-])c2[C@H]2C=CC[C@H]21. The zero-order valence-electron chi connectivity index (χ0n) is 13.6. The van der Waals surface area contributed by atoms with Crippen molar-refractivity contribution in [3.05, 3.63) is 80.4 Å². The van der Waals surface area contributed by atoms with Gasteiger partial charge in [0.1, 0.15) is 0 Å². The first kappa shape index (κ1) is 16.6. The van der Waals surface area contributed by atoms with E-state index in [0.717, 1.165) is 0 Å². The Balaban J connectivity index is 1.90. The van der Waals surface area contributed by atoms with Crippen LogP contribution in [0.5, 0.6) is 0 Å². The second kappa shape index (κ2) is 6.14. The molecule has 0 spiro atoms. The van der Waals surface area contributed by atoms with Crippen LogP contribution in [0.2, 0.25) is 5.02 Å². The molecule has 2 aromatic carbocycles. The van der Waals surface area contributed by atoms with Crippen LogP contribution >= 0.6 is 11.6 Å². The van der Waals surface area contributed by atoms with Crippen LogP contribution in [0.1, 0.15) is 39.9 Å². The van der Waals surface area contributed by atoms with Crippen molar-refractivity contribution in [1.82, 2.24) is 0 Å². The van der Waals surface area contributed by atoms with Gasteiger partial charge in [0.05, 0.1) is 32.8 Å². The number of aromatic carboxylic acids is 1. The topological polar surface area (TPSA) is 92.5 Å². The summed E-state index contributed by atoms with van der Waals surface area (Å²) in [6, 6.07) is 9.47. The third kappa shape index (κ3) is 2.45. The molecule has 0 amide bonds. The molecule has 26 heavy (non-hydrogen) atoms. The lowest BCUT2D eigenvalue weighted by Crippen LogP contribution is -2.31. The van der Waals surface area contributed by atoms with Crippen molar-refractivity contribution in [2.75, 3.05) is 5.32 Å². The van der Waals surface area contributed by atoms with Crippen LogP contribution in [-0.4, -0.2) is 16.0 Å². The van der Waals surface area contributed by atoms with E-state index in [1.807, 2.05) is 12.2 Å². The highest BCUT2D eigenvalue weighted by atomic mass is 35.5.